The number of aliphatic carboxylic acids is 1. The average molecular weight is 404 g/mol. The van der Waals surface area contributed by atoms with Crippen molar-refractivity contribution < 1.29 is 23.1 Å². The zero-order chi connectivity index (χ0) is 20.3. The van der Waals surface area contributed by atoms with E-state index in [1.54, 1.807) is 12.1 Å². The maximum atomic E-state index is 12.9. The van der Waals surface area contributed by atoms with Crippen molar-refractivity contribution in [1.29, 1.82) is 0 Å². The van der Waals surface area contributed by atoms with Gasteiger partial charge in [0, 0.05) is 26.2 Å². The van der Waals surface area contributed by atoms with Crippen LogP contribution in [0.15, 0.2) is 53.4 Å². The summed E-state index contributed by atoms with van der Waals surface area (Å²) in [5.41, 5.74) is 1.76. The van der Waals surface area contributed by atoms with Crippen molar-refractivity contribution in [3.8, 4) is 5.75 Å². The van der Waals surface area contributed by atoms with E-state index in [0.717, 1.165) is 5.56 Å². The van der Waals surface area contributed by atoms with E-state index in [9.17, 15) is 18.3 Å². The molecule has 0 aromatic heterocycles. The van der Waals surface area contributed by atoms with Crippen LogP contribution in [0.1, 0.15) is 17.2 Å². The normalized spacial score (nSPS) is 17.2. The highest BCUT2D eigenvalue weighted by atomic mass is 32.2. The number of sulfonamides is 1. The minimum Gasteiger partial charge on any atom is -0.497 e. The Kier molecular flexibility index (Phi) is 6.02. The third kappa shape index (κ3) is 4.19. The molecule has 2 aromatic rings. The van der Waals surface area contributed by atoms with Crippen LogP contribution in [-0.4, -0.2) is 62.0 Å². The lowest BCUT2D eigenvalue weighted by molar-refractivity contribution is -0.144. The summed E-state index contributed by atoms with van der Waals surface area (Å²) in [6.07, 6.45) is 0. The number of hydrogen-bond acceptors (Lipinski definition) is 5. The van der Waals surface area contributed by atoms with E-state index in [1.165, 1.54) is 23.5 Å². The fourth-order valence-electron chi connectivity index (χ4n) is 3.36. The molecule has 1 fully saturated rings. The van der Waals surface area contributed by atoms with Crippen molar-refractivity contribution in [2.24, 2.45) is 0 Å². The third-order valence-electron chi connectivity index (χ3n) is 4.96. The summed E-state index contributed by atoms with van der Waals surface area (Å²) in [7, 11) is -2.10. The largest absolute Gasteiger partial charge is 0.497 e. The summed E-state index contributed by atoms with van der Waals surface area (Å²) >= 11 is 0. The van der Waals surface area contributed by atoms with Gasteiger partial charge < -0.3 is 9.84 Å². The zero-order valence-electron chi connectivity index (χ0n) is 15.9. The first-order chi connectivity index (χ1) is 13.3. The number of carboxylic acids is 1. The van der Waals surface area contributed by atoms with Gasteiger partial charge in [0.05, 0.1) is 12.0 Å². The smallest absolute Gasteiger partial charge is 0.325 e. The number of hydrogen-bond donors (Lipinski definition) is 1. The predicted molar refractivity (Wildman–Crippen MR) is 105 cm³/mol. The molecule has 0 bridgehead atoms. The number of aryl methyl sites for hydroxylation is 1. The van der Waals surface area contributed by atoms with E-state index in [-0.39, 0.29) is 18.0 Å². The average Bonchev–Trinajstić information content (AvgIpc) is 2.70. The van der Waals surface area contributed by atoms with Gasteiger partial charge in [-0.2, -0.15) is 4.31 Å². The number of methoxy groups -OCH3 is 1. The van der Waals surface area contributed by atoms with Gasteiger partial charge in [0.25, 0.3) is 0 Å². The topological polar surface area (TPSA) is 87.2 Å². The molecule has 0 amide bonds. The SMILES string of the molecule is COc1ccc(S(=O)(=O)N2CCN([C@@H](C(=O)O)c3ccc(C)cc3)CC2)cc1. The van der Waals surface area contributed by atoms with Crippen molar-refractivity contribution in [3.05, 3.63) is 59.7 Å². The lowest BCUT2D eigenvalue weighted by Crippen LogP contribution is -2.50. The van der Waals surface area contributed by atoms with E-state index in [4.69, 9.17) is 4.74 Å². The second-order valence-electron chi connectivity index (χ2n) is 6.77. The first kappa shape index (κ1) is 20.3. The number of piperazine rings is 1. The summed E-state index contributed by atoms with van der Waals surface area (Å²) in [5, 5.41) is 9.72. The predicted octanol–water partition coefficient (Wildman–Crippen LogP) is 2.14. The van der Waals surface area contributed by atoms with Crippen LogP contribution in [0.5, 0.6) is 5.75 Å². The van der Waals surface area contributed by atoms with Gasteiger partial charge in [0.2, 0.25) is 10.0 Å². The second kappa shape index (κ2) is 8.30. The fourth-order valence-corrected chi connectivity index (χ4v) is 4.78. The molecule has 8 heteroatoms. The minimum absolute atomic E-state index is 0.204. The van der Waals surface area contributed by atoms with Gasteiger partial charge in [0.1, 0.15) is 11.8 Å². The van der Waals surface area contributed by atoms with Gasteiger partial charge in [-0.05, 0) is 36.8 Å². The Morgan fingerprint density at radius 3 is 2.07 bits per heavy atom. The number of ether oxygens (including phenoxy) is 1. The standard InChI is InChI=1S/C20H24N2O5S/c1-15-3-5-16(6-4-15)19(20(23)24)21-11-13-22(14-12-21)28(25,26)18-9-7-17(27-2)8-10-18/h3-10,19H,11-14H2,1-2H3,(H,23,24)/t19-/m1/s1. The monoisotopic (exact) mass is 404 g/mol. The van der Waals surface area contributed by atoms with Crippen LogP contribution in [0.25, 0.3) is 0 Å². The van der Waals surface area contributed by atoms with Gasteiger partial charge in [0.15, 0.2) is 0 Å². The molecule has 1 saturated heterocycles. The number of carbonyl (C=O) groups is 1. The van der Waals surface area contributed by atoms with Gasteiger partial charge in [-0.25, -0.2) is 8.42 Å². The highest BCUT2D eigenvalue weighted by Gasteiger charge is 2.34. The summed E-state index contributed by atoms with van der Waals surface area (Å²) in [5.74, 6) is -0.346. The molecule has 2 aromatic carbocycles. The Balaban J connectivity index is 1.73. The maximum Gasteiger partial charge on any atom is 0.325 e. The number of benzene rings is 2. The molecule has 0 unspecified atom stereocenters. The van der Waals surface area contributed by atoms with Crippen molar-refractivity contribution >= 4 is 16.0 Å². The van der Waals surface area contributed by atoms with Crippen molar-refractivity contribution in [2.45, 2.75) is 17.9 Å². The Labute approximate surface area is 165 Å². The summed E-state index contributed by atoms with van der Waals surface area (Å²) in [6, 6.07) is 12.9. The molecule has 1 heterocycles. The lowest BCUT2D eigenvalue weighted by atomic mass is 10.0. The molecule has 0 aliphatic carbocycles. The van der Waals surface area contributed by atoms with Crippen molar-refractivity contribution in [3.63, 3.8) is 0 Å². The van der Waals surface area contributed by atoms with E-state index in [0.29, 0.717) is 24.4 Å². The highest BCUT2D eigenvalue weighted by Crippen LogP contribution is 2.26. The Morgan fingerprint density at radius 1 is 1.00 bits per heavy atom. The highest BCUT2D eigenvalue weighted by molar-refractivity contribution is 7.89. The second-order valence-corrected chi connectivity index (χ2v) is 8.70. The molecule has 1 N–H and O–H groups in total. The molecule has 28 heavy (non-hydrogen) atoms. The summed E-state index contributed by atoms with van der Waals surface area (Å²) < 4.78 is 32.2. The van der Waals surface area contributed by atoms with Crippen LogP contribution in [0.3, 0.4) is 0 Å². The molecular formula is C20H24N2O5S. The van der Waals surface area contributed by atoms with Crippen molar-refractivity contribution in [2.75, 3.05) is 33.3 Å². The lowest BCUT2D eigenvalue weighted by Gasteiger charge is -2.37. The molecule has 150 valence electrons. The first-order valence-corrected chi connectivity index (χ1v) is 10.4. The molecule has 0 spiro atoms. The third-order valence-corrected chi connectivity index (χ3v) is 6.88. The molecule has 7 nitrogen and oxygen atoms in total. The Hall–Kier alpha value is -2.42. The van der Waals surface area contributed by atoms with Gasteiger partial charge >= 0.3 is 5.97 Å². The van der Waals surface area contributed by atoms with Crippen LogP contribution >= 0.6 is 0 Å². The molecule has 0 radical (unpaired) electrons. The van der Waals surface area contributed by atoms with Crippen LogP contribution in [0.4, 0.5) is 0 Å². The van der Waals surface area contributed by atoms with Gasteiger partial charge in [-0.3, -0.25) is 9.69 Å². The van der Waals surface area contributed by atoms with Gasteiger partial charge in [-0.1, -0.05) is 29.8 Å². The minimum atomic E-state index is -3.62. The fraction of sp³-hybridized carbons (Fsp3) is 0.350. The van der Waals surface area contributed by atoms with E-state index in [2.05, 4.69) is 0 Å². The molecule has 3 rings (SSSR count). The Bertz CT molecular complexity index is 918. The molecular weight excluding hydrogens is 380 g/mol. The molecule has 1 aliphatic heterocycles. The van der Waals surface area contributed by atoms with Crippen LogP contribution in [0, 0.1) is 6.92 Å². The van der Waals surface area contributed by atoms with Gasteiger partial charge in [-0.15, -0.1) is 0 Å². The maximum absolute atomic E-state index is 12.9. The molecule has 1 aliphatic rings. The van der Waals surface area contributed by atoms with Crippen LogP contribution in [-0.2, 0) is 14.8 Å². The number of nitrogens with zero attached hydrogens (tertiary/aromatic N) is 2. The van der Waals surface area contributed by atoms with Crippen LogP contribution < -0.4 is 4.74 Å². The van der Waals surface area contributed by atoms with E-state index >= 15 is 0 Å². The first-order valence-electron chi connectivity index (χ1n) is 9.00. The number of carboxylic acid groups (broad SMARTS) is 1. The summed E-state index contributed by atoms with van der Waals surface area (Å²) in [4.78, 5) is 13.9. The molecule has 1 atom stereocenters. The summed E-state index contributed by atoms with van der Waals surface area (Å²) in [6.45, 7) is 3.12. The number of rotatable bonds is 6. The molecule has 0 saturated carbocycles. The van der Waals surface area contributed by atoms with Crippen molar-refractivity contribution in [1.82, 2.24) is 9.21 Å². The quantitative estimate of drug-likeness (QED) is 0.794. The van der Waals surface area contributed by atoms with Crippen LogP contribution in [0.2, 0.25) is 0 Å². The van der Waals surface area contributed by atoms with E-state index < -0.39 is 22.0 Å². The van der Waals surface area contributed by atoms with E-state index in [1.807, 2.05) is 36.1 Å². The zero-order valence-corrected chi connectivity index (χ0v) is 16.7. The Morgan fingerprint density at radius 2 is 1.57 bits per heavy atom.